The zero-order valence-electron chi connectivity index (χ0n) is 22.1. The number of hydrogen-bond donors (Lipinski definition) is 0. The zero-order chi connectivity index (χ0) is 25.5. The summed E-state index contributed by atoms with van der Waals surface area (Å²) in [6, 6.07) is 1.88. The molecule has 6 heteroatoms. The summed E-state index contributed by atoms with van der Waals surface area (Å²) in [4.78, 5) is 40.6. The van der Waals surface area contributed by atoms with Crippen LogP contribution < -0.4 is 0 Å². The highest BCUT2D eigenvalue weighted by atomic mass is 16.6. The molecule has 6 fully saturated rings. The molecule has 10 atom stereocenters. The van der Waals surface area contributed by atoms with E-state index >= 15 is 0 Å². The second-order valence-corrected chi connectivity index (χ2v) is 14.1. The fourth-order valence-electron chi connectivity index (χ4n) is 10.9. The quantitative estimate of drug-likeness (QED) is 0.381. The zero-order valence-corrected chi connectivity index (χ0v) is 22.1. The van der Waals surface area contributed by atoms with Crippen molar-refractivity contribution in [2.45, 2.75) is 97.4 Å². The minimum atomic E-state index is -0.607. The summed E-state index contributed by atoms with van der Waals surface area (Å²) in [7, 11) is 0. The lowest BCUT2D eigenvalue weighted by Crippen LogP contribution is -2.72. The molecule has 4 saturated carbocycles. The van der Waals surface area contributed by atoms with E-state index in [9.17, 15) is 14.4 Å². The Bertz CT molecular complexity index is 1170. The molecule has 6 nitrogen and oxygen atoms in total. The molecule has 194 valence electrons. The first-order valence-electron chi connectivity index (χ1n) is 13.9. The van der Waals surface area contributed by atoms with Gasteiger partial charge in [-0.1, -0.05) is 27.7 Å². The second kappa shape index (κ2) is 6.73. The number of Topliss-reactive ketones (excluding diaryl/α,β-unsaturated/α-hetero) is 2. The summed E-state index contributed by atoms with van der Waals surface area (Å²) in [6.07, 6.45) is 8.03. The molecule has 6 aliphatic rings. The highest BCUT2D eigenvalue weighted by molar-refractivity contribution is 5.92. The van der Waals surface area contributed by atoms with Gasteiger partial charge in [0, 0.05) is 29.2 Å². The van der Waals surface area contributed by atoms with E-state index in [-0.39, 0.29) is 58.5 Å². The van der Waals surface area contributed by atoms with Gasteiger partial charge in [-0.25, -0.2) is 0 Å². The minimum absolute atomic E-state index is 0.0706. The maximum absolute atomic E-state index is 14.4. The molecule has 1 aromatic heterocycles. The van der Waals surface area contributed by atoms with Crippen molar-refractivity contribution in [1.82, 2.24) is 0 Å². The van der Waals surface area contributed by atoms with Crippen LogP contribution in [0.5, 0.6) is 0 Å². The number of epoxide rings is 1. The molecule has 4 aliphatic carbocycles. The summed E-state index contributed by atoms with van der Waals surface area (Å²) < 4.78 is 18.0. The molecule has 10 unspecified atom stereocenters. The number of carbonyl (C=O) groups is 3. The third-order valence-electron chi connectivity index (χ3n) is 12.8. The van der Waals surface area contributed by atoms with Crippen LogP contribution in [0.15, 0.2) is 23.0 Å². The number of hydrogen-bond acceptors (Lipinski definition) is 6. The largest absolute Gasteiger partial charge is 0.472 e. The van der Waals surface area contributed by atoms with Crippen LogP contribution >= 0.6 is 0 Å². The average molecular weight is 495 g/mol. The molecule has 36 heavy (non-hydrogen) atoms. The summed E-state index contributed by atoms with van der Waals surface area (Å²) >= 11 is 0. The molecule has 1 spiro atoms. The average Bonchev–Trinajstić information content (AvgIpc) is 3.32. The molecule has 0 aromatic carbocycles. The van der Waals surface area contributed by atoms with Crippen molar-refractivity contribution >= 4 is 17.5 Å². The Labute approximate surface area is 212 Å². The first-order valence-corrected chi connectivity index (χ1v) is 13.9. The first-order chi connectivity index (χ1) is 16.9. The molecule has 0 amide bonds. The van der Waals surface area contributed by atoms with Gasteiger partial charge in [-0.2, -0.15) is 0 Å². The van der Waals surface area contributed by atoms with Gasteiger partial charge in [-0.15, -0.1) is 0 Å². The van der Waals surface area contributed by atoms with Crippen LogP contribution in [0, 0.1) is 45.3 Å². The van der Waals surface area contributed by atoms with Crippen LogP contribution in [-0.2, 0) is 23.9 Å². The van der Waals surface area contributed by atoms with Gasteiger partial charge in [0.1, 0.15) is 23.3 Å². The van der Waals surface area contributed by atoms with Crippen molar-refractivity contribution in [3.63, 3.8) is 0 Å². The van der Waals surface area contributed by atoms with Gasteiger partial charge in [-0.3, -0.25) is 14.4 Å². The Hall–Kier alpha value is -1.95. The van der Waals surface area contributed by atoms with Gasteiger partial charge in [0.05, 0.1) is 30.0 Å². The van der Waals surface area contributed by atoms with E-state index in [2.05, 4.69) is 34.6 Å². The maximum Gasteiger partial charge on any atom is 0.309 e. The van der Waals surface area contributed by atoms with Gasteiger partial charge in [0.2, 0.25) is 0 Å². The molecule has 7 rings (SSSR count). The van der Waals surface area contributed by atoms with E-state index in [0.717, 1.165) is 31.2 Å². The number of carbonyl (C=O) groups excluding carboxylic acids is 3. The minimum Gasteiger partial charge on any atom is -0.472 e. The topological polar surface area (TPSA) is 86.1 Å². The number of ether oxygens (including phenoxy) is 2. The second-order valence-electron chi connectivity index (χ2n) is 14.1. The Morgan fingerprint density at radius 3 is 2.44 bits per heavy atom. The van der Waals surface area contributed by atoms with Crippen molar-refractivity contribution in [2.75, 3.05) is 0 Å². The number of cyclic esters (lactones) is 1. The lowest BCUT2D eigenvalue weighted by molar-refractivity contribution is -0.218. The summed E-state index contributed by atoms with van der Waals surface area (Å²) in [5.41, 5.74) is -1.09. The highest BCUT2D eigenvalue weighted by Crippen LogP contribution is 2.80. The van der Waals surface area contributed by atoms with Crippen molar-refractivity contribution in [3.8, 4) is 0 Å². The Kier molecular flexibility index (Phi) is 4.33. The SMILES string of the molecule is CC1(C)C(=O)CCC2(C)C1CC(=O)C1(C)C2CCC2(C)C3CC(c4ccoc4)OC(=O)C3CC3OC321. The van der Waals surface area contributed by atoms with Crippen LogP contribution in [0.25, 0.3) is 0 Å². The molecule has 2 aliphatic heterocycles. The fraction of sp³-hybridized carbons (Fsp3) is 0.767. The lowest BCUT2D eigenvalue weighted by Gasteiger charge is -2.68. The van der Waals surface area contributed by atoms with Crippen LogP contribution in [-0.4, -0.2) is 29.2 Å². The Balaban J connectivity index is 1.31. The molecule has 2 saturated heterocycles. The van der Waals surface area contributed by atoms with Crippen LogP contribution in [0.2, 0.25) is 0 Å². The predicted molar refractivity (Wildman–Crippen MR) is 130 cm³/mol. The van der Waals surface area contributed by atoms with Gasteiger partial charge in [0.25, 0.3) is 0 Å². The lowest BCUT2D eigenvalue weighted by atomic mass is 9.33. The molecule has 0 N–H and O–H groups in total. The number of rotatable bonds is 1. The summed E-state index contributed by atoms with van der Waals surface area (Å²) in [5, 5.41) is 0. The first kappa shape index (κ1) is 23.2. The van der Waals surface area contributed by atoms with E-state index in [4.69, 9.17) is 13.9 Å². The maximum atomic E-state index is 14.4. The van der Waals surface area contributed by atoms with Gasteiger partial charge >= 0.3 is 5.97 Å². The van der Waals surface area contributed by atoms with E-state index in [1.807, 2.05) is 6.07 Å². The van der Waals surface area contributed by atoms with E-state index in [1.165, 1.54) is 0 Å². The molecule has 3 heterocycles. The molecule has 0 radical (unpaired) electrons. The fourth-order valence-corrected chi connectivity index (χ4v) is 10.9. The Morgan fingerprint density at radius 2 is 1.72 bits per heavy atom. The molecular weight excluding hydrogens is 456 g/mol. The molecule has 1 aromatic rings. The van der Waals surface area contributed by atoms with Crippen molar-refractivity contribution in [1.29, 1.82) is 0 Å². The third-order valence-corrected chi connectivity index (χ3v) is 12.8. The predicted octanol–water partition coefficient (Wildman–Crippen LogP) is 5.45. The van der Waals surface area contributed by atoms with Gasteiger partial charge in [-0.05, 0) is 68.3 Å². The van der Waals surface area contributed by atoms with E-state index in [1.54, 1.807) is 12.5 Å². The van der Waals surface area contributed by atoms with Crippen LogP contribution in [0.1, 0.15) is 91.2 Å². The van der Waals surface area contributed by atoms with Crippen LogP contribution in [0.4, 0.5) is 0 Å². The van der Waals surface area contributed by atoms with Crippen molar-refractivity contribution < 1.29 is 28.3 Å². The van der Waals surface area contributed by atoms with Crippen molar-refractivity contribution in [3.05, 3.63) is 24.2 Å². The van der Waals surface area contributed by atoms with E-state index < -0.39 is 16.4 Å². The van der Waals surface area contributed by atoms with E-state index in [0.29, 0.717) is 25.0 Å². The van der Waals surface area contributed by atoms with Crippen LogP contribution in [0.3, 0.4) is 0 Å². The smallest absolute Gasteiger partial charge is 0.309 e. The summed E-state index contributed by atoms with van der Waals surface area (Å²) in [6.45, 7) is 11.0. The number of esters is 1. The normalized spacial score (nSPS) is 52.8. The molecule has 0 bridgehead atoms. The Morgan fingerprint density at radius 1 is 0.944 bits per heavy atom. The number of ketones is 2. The standard InChI is InChI=1S/C30H38O6/c1-26(2)21-14-23(32)29(5)20(27(21,3)9-7-22(26)31)6-10-28(4)18-13-19(16-8-11-34-15-16)35-25(33)17(18)12-24-30(28,29)36-24/h8,11,15,17-21,24H,6-7,9-10,12-14H2,1-5H3. The monoisotopic (exact) mass is 494 g/mol. The highest BCUT2D eigenvalue weighted by Gasteiger charge is 2.86. The number of furan rings is 1. The summed E-state index contributed by atoms with van der Waals surface area (Å²) in [5.74, 6) is 0.594. The molecular formula is C30H38O6. The van der Waals surface area contributed by atoms with Gasteiger partial charge in [0.15, 0.2) is 0 Å². The van der Waals surface area contributed by atoms with Gasteiger partial charge < -0.3 is 13.9 Å². The van der Waals surface area contributed by atoms with Crippen molar-refractivity contribution in [2.24, 2.45) is 45.3 Å². The third kappa shape index (κ3) is 2.38. The number of fused-ring (bicyclic) bond motifs is 5.